The molecule has 1 saturated heterocycles. The number of aromatic hydroxyl groups is 1. The molecule has 0 amide bonds. The van der Waals surface area contributed by atoms with E-state index in [0.717, 1.165) is 34.7 Å². The fourth-order valence-electron chi connectivity index (χ4n) is 2.30. The van der Waals surface area contributed by atoms with Crippen LogP contribution in [0.25, 0.3) is 11.4 Å². The lowest BCUT2D eigenvalue weighted by Crippen LogP contribution is -2.30. The Labute approximate surface area is 121 Å². The molecule has 106 valence electrons. The van der Waals surface area contributed by atoms with Gasteiger partial charge in [-0.05, 0) is 37.1 Å². The molecule has 0 radical (unpaired) electrons. The van der Waals surface area contributed by atoms with Crippen LogP contribution in [0.3, 0.4) is 0 Å². The van der Waals surface area contributed by atoms with Crippen LogP contribution < -0.4 is 5.32 Å². The number of hydrogen-bond donors (Lipinski definition) is 2. The number of aromatic nitrogens is 2. The molecule has 1 aromatic carbocycles. The van der Waals surface area contributed by atoms with Crippen molar-refractivity contribution in [3.05, 3.63) is 29.2 Å². The lowest BCUT2D eigenvalue weighted by atomic mass is 10.1. The van der Waals surface area contributed by atoms with Gasteiger partial charge in [0.15, 0.2) is 0 Å². The van der Waals surface area contributed by atoms with Gasteiger partial charge in [-0.1, -0.05) is 5.16 Å². The smallest absolute Gasteiger partial charge is 0.244 e. The van der Waals surface area contributed by atoms with E-state index < -0.39 is 0 Å². The number of rotatable bonds is 2. The third-order valence-electron chi connectivity index (χ3n) is 3.41. The van der Waals surface area contributed by atoms with Gasteiger partial charge in [-0.3, -0.25) is 0 Å². The normalized spacial score (nSPS) is 19.2. The van der Waals surface area contributed by atoms with Gasteiger partial charge in [-0.15, -0.1) is 0 Å². The largest absolute Gasteiger partial charge is 0.507 e. The summed E-state index contributed by atoms with van der Waals surface area (Å²) in [5.74, 6) is 3.60. The number of nitrogens with zero attached hydrogens (tertiary/aromatic N) is 2. The van der Waals surface area contributed by atoms with Crippen LogP contribution in [0.4, 0.5) is 0 Å². The topological polar surface area (TPSA) is 71.2 Å². The predicted octanol–water partition coefficient (Wildman–Crippen LogP) is 2.44. The van der Waals surface area contributed by atoms with E-state index in [2.05, 4.69) is 15.5 Å². The maximum absolute atomic E-state index is 9.81. The molecule has 1 unspecified atom stereocenters. The first-order valence-corrected chi connectivity index (χ1v) is 7.76. The summed E-state index contributed by atoms with van der Waals surface area (Å²) in [6, 6.07) is 3.88. The molecule has 0 bridgehead atoms. The second kappa shape index (κ2) is 5.46. The van der Waals surface area contributed by atoms with Crippen molar-refractivity contribution in [1.29, 1.82) is 0 Å². The van der Waals surface area contributed by atoms with Crippen molar-refractivity contribution >= 4 is 11.8 Å². The van der Waals surface area contributed by atoms with E-state index in [9.17, 15) is 5.11 Å². The van der Waals surface area contributed by atoms with Gasteiger partial charge >= 0.3 is 0 Å². The molecule has 3 rings (SSSR count). The van der Waals surface area contributed by atoms with Crippen molar-refractivity contribution in [2.45, 2.75) is 19.9 Å². The molecule has 20 heavy (non-hydrogen) atoms. The standard InChI is InChI=1S/C14H17N3O2S/c1-8-5-10(6-9(2)12(8)18)13-16-14(19-17-13)11-7-20-4-3-15-11/h5-6,11,15,18H,3-4,7H2,1-2H3. The zero-order chi connectivity index (χ0) is 14.1. The van der Waals surface area contributed by atoms with Gasteiger partial charge in [0.1, 0.15) is 5.75 Å². The van der Waals surface area contributed by atoms with Gasteiger partial charge in [0.2, 0.25) is 11.7 Å². The van der Waals surface area contributed by atoms with Crippen LogP contribution >= 0.6 is 11.8 Å². The molecule has 2 heterocycles. The molecule has 2 aromatic rings. The van der Waals surface area contributed by atoms with E-state index in [1.54, 1.807) is 0 Å². The summed E-state index contributed by atoms with van der Waals surface area (Å²) < 4.78 is 5.37. The van der Waals surface area contributed by atoms with Crippen LogP contribution in [0, 0.1) is 13.8 Å². The minimum atomic E-state index is 0.134. The second-order valence-electron chi connectivity index (χ2n) is 5.00. The molecule has 5 nitrogen and oxygen atoms in total. The monoisotopic (exact) mass is 291 g/mol. The molecule has 1 atom stereocenters. The molecule has 0 aliphatic carbocycles. The van der Waals surface area contributed by atoms with Gasteiger partial charge in [-0.25, -0.2) is 0 Å². The van der Waals surface area contributed by atoms with Gasteiger partial charge in [0.05, 0.1) is 6.04 Å². The molecule has 1 aliphatic heterocycles. The molecular weight excluding hydrogens is 274 g/mol. The van der Waals surface area contributed by atoms with Crippen LogP contribution in [0.5, 0.6) is 5.75 Å². The number of aryl methyl sites for hydroxylation is 2. The molecule has 1 aliphatic rings. The van der Waals surface area contributed by atoms with Crippen molar-refractivity contribution in [3.63, 3.8) is 0 Å². The number of thioether (sulfide) groups is 1. The third kappa shape index (κ3) is 2.53. The van der Waals surface area contributed by atoms with E-state index in [-0.39, 0.29) is 6.04 Å². The minimum absolute atomic E-state index is 0.134. The predicted molar refractivity (Wildman–Crippen MR) is 78.9 cm³/mol. The maximum atomic E-state index is 9.81. The van der Waals surface area contributed by atoms with Crippen molar-refractivity contribution in [2.75, 3.05) is 18.1 Å². The van der Waals surface area contributed by atoms with Crippen molar-refractivity contribution in [1.82, 2.24) is 15.5 Å². The number of phenolic OH excluding ortho intramolecular Hbond substituents is 1. The quantitative estimate of drug-likeness (QED) is 0.885. The van der Waals surface area contributed by atoms with Gasteiger partial charge in [0.25, 0.3) is 0 Å². The highest BCUT2D eigenvalue weighted by molar-refractivity contribution is 7.99. The Hall–Kier alpha value is -1.53. The summed E-state index contributed by atoms with van der Waals surface area (Å²) >= 11 is 1.89. The Kier molecular flexibility index (Phi) is 3.67. The Bertz CT molecular complexity index is 598. The summed E-state index contributed by atoms with van der Waals surface area (Å²) in [6.45, 7) is 4.70. The first kappa shape index (κ1) is 13.5. The van der Waals surface area contributed by atoms with E-state index in [4.69, 9.17) is 4.52 Å². The molecule has 6 heteroatoms. The highest BCUT2D eigenvalue weighted by atomic mass is 32.2. The van der Waals surface area contributed by atoms with Crippen molar-refractivity contribution < 1.29 is 9.63 Å². The Morgan fingerprint density at radius 2 is 2.10 bits per heavy atom. The SMILES string of the molecule is Cc1cc(-c2noc(C3CSCCN3)n2)cc(C)c1O. The van der Waals surface area contributed by atoms with E-state index in [1.165, 1.54) is 0 Å². The maximum Gasteiger partial charge on any atom is 0.244 e. The minimum Gasteiger partial charge on any atom is -0.507 e. The number of benzene rings is 1. The van der Waals surface area contributed by atoms with Crippen LogP contribution in [0.2, 0.25) is 0 Å². The average Bonchev–Trinajstić information content (AvgIpc) is 2.95. The first-order chi connectivity index (χ1) is 9.65. The third-order valence-corrected chi connectivity index (χ3v) is 4.47. The van der Waals surface area contributed by atoms with E-state index >= 15 is 0 Å². The van der Waals surface area contributed by atoms with Crippen molar-refractivity contribution in [2.24, 2.45) is 0 Å². The summed E-state index contributed by atoms with van der Waals surface area (Å²) in [5.41, 5.74) is 2.51. The number of phenols is 1. The van der Waals surface area contributed by atoms with Crippen LogP contribution in [-0.4, -0.2) is 33.3 Å². The van der Waals surface area contributed by atoms with Crippen LogP contribution in [0.1, 0.15) is 23.1 Å². The molecule has 2 N–H and O–H groups in total. The molecule has 1 fully saturated rings. The molecular formula is C14H17N3O2S. The van der Waals surface area contributed by atoms with Crippen molar-refractivity contribution in [3.8, 4) is 17.1 Å². The number of nitrogens with one attached hydrogen (secondary N) is 1. The first-order valence-electron chi connectivity index (χ1n) is 6.60. The Morgan fingerprint density at radius 3 is 2.75 bits per heavy atom. The van der Waals surface area contributed by atoms with E-state index in [1.807, 2.05) is 37.7 Å². The fourth-order valence-corrected chi connectivity index (χ4v) is 3.23. The highest BCUT2D eigenvalue weighted by Crippen LogP contribution is 2.29. The average molecular weight is 291 g/mol. The summed E-state index contributed by atoms with van der Waals surface area (Å²) in [7, 11) is 0. The molecule has 0 saturated carbocycles. The zero-order valence-corrected chi connectivity index (χ0v) is 12.3. The van der Waals surface area contributed by atoms with Gasteiger partial charge in [0, 0.05) is 23.6 Å². The lowest BCUT2D eigenvalue weighted by molar-refractivity contribution is 0.342. The highest BCUT2D eigenvalue weighted by Gasteiger charge is 2.22. The number of hydrogen-bond acceptors (Lipinski definition) is 6. The Morgan fingerprint density at radius 1 is 1.35 bits per heavy atom. The van der Waals surface area contributed by atoms with Gasteiger partial charge < -0.3 is 14.9 Å². The van der Waals surface area contributed by atoms with Gasteiger partial charge in [-0.2, -0.15) is 16.7 Å². The summed E-state index contributed by atoms with van der Waals surface area (Å²) in [5, 5.41) is 17.2. The fraction of sp³-hybridized carbons (Fsp3) is 0.429. The molecule has 0 spiro atoms. The Balaban J connectivity index is 1.89. The second-order valence-corrected chi connectivity index (χ2v) is 6.15. The molecule has 1 aromatic heterocycles. The summed E-state index contributed by atoms with van der Waals surface area (Å²) in [4.78, 5) is 4.48. The lowest BCUT2D eigenvalue weighted by Gasteiger charge is -2.19. The van der Waals surface area contributed by atoms with Crippen LogP contribution in [0.15, 0.2) is 16.7 Å². The van der Waals surface area contributed by atoms with Crippen LogP contribution in [-0.2, 0) is 0 Å². The zero-order valence-electron chi connectivity index (χ0n) is 11.5. The summed E-state index contributed by atoms with van der Waals surface area (Å²) in [6.07, 6.45) is 0. The van der Waals surface area contributed by atoms with E-state index in [0.29, 0.717) is 17.5 Å².